The monoisotopic (exact) mass is 522 g/mol. The van der Waals surface area contributed by atoms with E-state index in [0.717, 1.165) is 6.08 Å². The number of hydrogen-bond acceptors (Lipinski definition) is 2. The molecule has 0 fully saturated rings. The van der Waals surface area contributed by atoms with Crippen LogP contribution in [0.25, 0.3) is 6.08 Å². The maximum Gasteiger partial charge on any atom is 0.399 e. The molecule has 1 unspecified atom stereocenters. The molecular formula is C21H20BrCl2F3N2O. The van der Waals surface area contributed by atoms with Crippen LogP contribution in [0.2, 0.25) is 10.0 Å². The summed E-state index contributed by atoms with van der Waals surface area (Å²) in [5, 5.41) is 5.86. The molecule has 2 aromatic carbocycles. The molecule has 0 radical (unpaired) electrons. The van der Waals surface area contributed by atoms with Crippen molar-refractivity contribution in [1.29, 1.82) is 0 Å². The molecule has 2 aromatic rings. The number of allylic oxidation sites excluding steroid dienone is 1. The van der Waals surface area contributed by atoms with E-state index in [1.165, 1.54) is 18.2 Å². The smallest absolute Gasteiger partial charge is 0.337 e. The molecular weight excluding hydrogens is 504 g/mol. The van der Waals surface area contributed by atoms with Gasteiger partial charge in [0.15, 0.2) is 0 Å². The summed E-state index contributed by atoms with van der Waals surface area (Å²) < 4.78 is 41.4. The number of alkyl halides is 3. The summed E-state index contributed by atoms with van der Waals surface area (Å²) in [7, 11) is 1.72. The number of aryl methyl sites for hydroxylation is 1. The number of carbonyl (C=O) groups is 1. The maximum atomic E-state index is 13.7. The van der Waals surface area contributed by atoms with Crippen molar-refractivity contribution >= 4 is 51.1 Å². The van der Waals surface area contributed by atoms with E-state index in [4.69, 9.17) is 23.2 Å². The third kappa shape index (κ3) is 6.23. The summed E-state index contributed by atoms with van der Waals surface area (Å²) in [5.41, 5.74) is 1.57. The van der Waals surface area contributed by atoms with E-state index in [-0.39, 0.29) is 27.7 Å². The highest BCUT2D eigenvalue weighted by molar-refractivity contribution is 9.10. The lowest BCUT2D eigenvalue weighted by atomic mass is 9.96. The van der Waals surface area contributed by atoms with Crippen LogP contribution in [0.1, 0.15) is 39.9 Å². The van der Waals surface area contributed by atoms with Gasteiger partial charge in [-0.2, -0.15) is 13.2 Å². The highest BCUT2D eigenvalue weighted by Gasteiger charge is 2.39. The molecule has 1 amide bonds. The topological polar surface area (TPSA) is 41.1 Å². The highest BCUT2D eigenvalue weighted by atomic mass is 79.9. The summed E-state index contributed by atoms with van der Waals surface area (Å²) in [6, 6.07) is 7.31. The van der Waals surface area contributed by atoms with E-state index in [1.54, 1.807) is 39.1 Å². The number of carbonyl (C=O) groups excluding carboxylic acids is 1. The van der Waals surface area contributed by atoms with Crippen LogP contribution in [-0.2, 0) is 0 Å². The average molecular weight is 524 g/mol. The summed E-state index contributed by atoms with van der Waals surface area (Å²) >= 11 is 15.1. The maximum absolute atomic E-state index is 13.7. The third-order valence-electron chi connectivity index (χ3n) is 4.47. The van der Waals surface area contributed by atoms with Gasteiger partial charge in [0.05, 0.1) is 26.6 Å². The molecule has 0 aliphatic carbocycles. The number of nitrogens with one attached hydrogen (secondary N) is 2. The fourth-order valence-electron chi connectivity index (χ4n) is 2.76. The van der Waals surface area contributed by atoms with Crippen LogP contribution in [0.4, 0.5) is 13.2 Å². The Morgan fingerprint density at radius 1 is 1.17 bits per heavy atom. The van der Waals surface area contributed by atoms with Crippen LogP contribution in [0.3, 0.4) is 0 Å². The van der Waals surface area contributed by atoms with Crippen molar-refractivity contribution in [2.75, 3.05) is 7.05 Å². The van der Waals surface area contributed by atoms with Gasteiger partial charge in [-0.05, 0) is 71.7 Å². The summed E-state index contributed by atoms with van der Waals surface area (Å²) in [5.74, 6) is -2.16. The Labute approximate surface area is 191 Å². The van der Waals surface area contributed by atoms with Gasteiger partial charge >= 0.3 is 6.18 Å². The predicted octanol–water partition coefficient (Wildman–Crippen LogP) is 6.72. The molecule has 30 heavy (non-hydrogen) atoms. The lowest BCUT2D eigenvalue weighted by Gasteiger charge is -2.18. The summed E-state index contributed by atoms with van der Waals surface area (Å²) in [4.78, 5) is 12.3. The summed E-state index contributed by atoms with van der Waals surface area (Å²) in [6.07, 6.45) is -2.33. The van der Waals surface area contributed by atoms with Gasteiger partial charge in [0.25, 0.3) is 5.91 Å². The standard InChI is InChI=1S/C21H20BrCl2F3N2O/c1-11-8-13(4-6-15(11)20(30)29-12(2)28-3)5-7-16(21(25,26)27)14-9-17(23)19(22)18(24)10-14/h4-10,12,16,28H,1-3H3,(H,29,30)/b7-5+/t12-,16?/m1/s1. The predicted molar refractivity (Wildman–Crippen MR) is 119 cm³/mol. The fourth-order valence-corrected chi connectivity index (χ4v) is 3.50. The molecule has 0 saturated heterocycles. The number of benzene rings is 2. The van der Waals surface area contributed by atoms with E-state index in [2.05, 4.69) is 26.6 Å². The van der Waals surface area contributed by atoms with Gasteiger partial charge in [0.2, 0.25) is 0 Å². The van der Waals surface area contributed by atoms with Gasteiger partial charge < -0.3 is 10.6 Å². The Morgan fingerprint density at radius 3 is 2.27 bits per heavy atom. The van der Waals surface area contributed by atoms with E-state index < -0.39 is 12.1 Å². The first-order chi connectivity index (χ1) is 13.9. The van der Waals surface area contributed by atoms with Crippen LogP contribution >= 0.6 is 39.1 Å². The molecule has 0 bridgehead atoms. The minimum absolute atomic E-state index is 0.0641. The average Bonchev–Trinajstić information content (AvgIpc) is 2.64. The minimum Gasteiger partial charge on any atom is -0.337 e. The Hall–Kier alpha value is -1.54. The zero-order valence-corrected chi connectivity index (χ0v) is 19.5. The second kappa shape index (κ2) is 10.2. The van der Waals surface area contributed by atoms with Crippen LogP contribution in [-0.4, -0.2) is 25.3 Å². The molecule has 0 aliphatic rings. The van der Waals surface area contributed by atoms with Crippen molar-refractivity contribution in [2.45, 2.75) is 32.1 Å². The molecule has 2 atom stereocenters. The number of amides is 1. The molecule has 0 aliphatic heterocycles. The normalized spacial score (nSPS) is 14.0. The van der Waals surface area contributed by atoms with Crippen molar-refractivity contribution in [3.63, 3.8) is 0 Å². The first-order valence-electron chi connectivity index (χ1n) is 8.92. The quantitative estimate of drug-likeness (QED) is 0.326. The first-order valence-corrected chi connectivity index (χ1v) is 10.5. The Balaban J connectivity index is 2.33. The highest BCUT2D eigenvalue weighted by Crippen LogP contribution is 2.41. The Bertz CT molecular complexity index is 941. The van der Waals surface area contributed by atoms with Crippen LogP contribution in [0.15, 0.2) is 40.9 Å². The van der Waals surface area contributed by atoms with Gasteiger partial charge in [-0.3, -0.25) is 4.79 Å². The molecule has 0 saturated carbocycles. The van der Waals surface area contributed by atoms with Crippen molar-refractivity contribution in [3.8, 4) is 0 Å². The summed E-state index contributed by atoms with van der Waals surface area (Å²) in [6.45, 7) is 3.52. The Morgan fingerprint density at radius 2 is 1.77 bits per heavy atom. The second-order valence-electron chi connectivity index (χ2n) is 6.74. The zero-order chi connectivity index (χ0) is 22.6. The van der Waals surface area contributed by atoms with Gasteiger partial charge in [0, 0.05) is 5.56 Å². The lowest BCUT2D eigenvalue weighted by molar-refractivity contribution is -0.139. The van der Waals surface area contributed by atoms with Crippen LogP contribution in [0.5, 0.6) is 0 Å². The SMILES string of the molecule is CN[C@@H](C)NC(=O)c1ccc(/C=C/C(c2cc(Cl)c(Br)c(Cl)c2)C(F)(F)F)cc1C. The molecule has 0 aromatic heterocycles. The molecule has 2 rings (SSSR count). The van der Waals surface area contributed by atoms with Gasteiger partial charge in [-0.1, -0.05) is 47.5 Å². The van der Waals surface area contributed by atoms with Gasteiger partial charge in [-0.25, -0.2) is 0 Å². The van der Waals surface area contributed by atoms with Gasteiger partial charge in [-0.15, -0.1) is 0 Å². The number of halogens is 6. The van der Waals surface area contributed by atoms with E-state index in [1.807, 2.05) is 0 Å². The van der Waals surface area contributed by atoms with Gasteiger partial charge in [0.1, 0.15) is 0 Å². The third-order valence-corrected chi connectivity index (χ3v) is 6.38. The fraction of sp³-hybridized carbons (Fsp3) is 0.286. The van der Waals surface area contributed by atoms with Crippen molar-refractivity contribution < 1.29 is 18.0 Å². The Kier molecular flexibility index (Phi) is 8.39. The molecule has 3 nitrogen and oxygen atoms in total. The van der Waals surface area contributed by atoms with E-state index >= 15 is 0 Å². The number of hydrogen-bond donors (Lipinski definition) is 2. The number of rotatable bonds is 6. The van der Waals surface area contributed by atoms with E-state index in [0.29, 0.717) is 21.2 Å². The second-order valence-corrected chi connectivity index (χ2v) is 8.34. The van der Waals surface area contributed by atoms with Crippen molar-refractivity contribution in [2.24, 2.45) is 0 Å². The van der Waals surface area contributed by atoms with Crippen LogP contribution < -0.4 is 10.6 Å². The largest absolute Gasteiger partial charge is 0.399 e. The van der Waals surface area contributed by atoms with Crippen molar-refractivity contribution in [1.82, 2.24) is 10.6 Å². The lowest BCUT2D eigenvalue weighted by Crippen LogP contribution is -2.41. The van der Waals surface area contributed by atoms with Crippen LogP contribution in [0, 0.1) is 6.92 Å². The zero-order valence-electron chi connectivity index (χ0n) is 16.4. The van der Waals surface area contributed by atoms with E-state index in [9.17, 15) is 18.0 Å². The molecule has 0 heterocycles. The molecule has 0 spiro atoms. The first kappa shape index (κ1) is 24.7. The molecule has 2 N–H and O–H groups in total. The van der Waals surface area contributed by atoms with Crippen molar-refractivity contribution in [3.05, 3.63) is 73.2 Å². The molecule has 162 valence electrons. The minimum atomic E-state index is -4.53. The molecule has 9 heteroatoms.